The average Bonchev–Trinajstić information content (AvgIpc) is 2.86. The number of nitrogens with one attached hydrogen (secondary N) is 1. The summed E-state index contributed by atoms with van der Waals surface area (Å²) < 4.78 is 17.9. The minimum absolute atomic E-state index is 0.0749. The number of hydrogen-bond donors (Lipinski definition) is 1. The van der Waals surface area contributed by atoms with Crippen molar-refractivity contribution in [3.05, 3.63) is 29.3 Å². The van der Waals surface area contributed by atoms with Gasteiger partial charge in [-0.25, -0.2) is 4.79 Å². The molecule has 2 fully saturated rings. The first-order valence-electron chi connectivity index (χ1n) is 11.4. The molecule has 0 spiro atoms. The van der Waals surface area contributed by atoms with Crippen molar-refractivity contribution < 1.29 is 23.6 Å². The Morgan fingerprint density at radius 3 is 2.38 bits per heavy atom. The van der Waals surface area contributed by atoms with Crippen LogP contribution in [0.15, 0.2) is 18.2 Å². The van der Waals surface area contributed by atoms with Gasteiger partial charge in [0.1, 0.15) is 5.60 Å². The third-order valence-electron chi connectivity index (χ3n) is 6.47. The SMILES string of the molecule is Cc1cccc(C(=O)N2CCCC(NC(=O)OC(C)(C)C)C2)c1B1OC(C)(C)C(C)(C)O1. The first-order valence-corrected chi connectivity index (χ1v) is 11.4. The fourth-order valence-corrected chi connectivity index (χ4v) is 4.06. The van der Waals surface area contributed by atoms with Gasteiger partial charge < -0.3 is 24.3 Å². The summed E-state index contributed by atoms with van der Waals surface area (Å²) in [6.45, 7) is 16.6. The first kappa shape index (κ1) is 24.6. The van der Waals surface area contributed by atoms with Gasteiger partial charge in [-0.2, -0.15) is 0 Å². The number of piperidine rings is 1. The molecule has 1 N–H and O–H groups in total. The number of likely N-dealkylation sites (tertiary alicyclic amines) is 1. The summed E-state index contributed by atoms with van der Waals surface area (Å²) >= 11 is 0. The van der Waals surface area contributed by atoms with Gasteiger partial charge in [-0.05, 0) is 79.8 Å². The van der Waals surface area contributed by atoms with Crippen LogP contribution >= 0.6 is 0 Å². The number of carbonyl (C=O) groups excluding carboxylic acids is 2. The van der Waals surface area contributed by atoms with Crippen LogP contribution in [0.3, 0.4) is 0 Å². The van der Waals surface area contributed by atoms with Crippen molar-refractivity contribution in [2.24, 2.45) is 0 Å². The van der Waals surface area contributed by atoms with Gasteiger partial charge >= 0.3 is 13.2 Å². The van der Waals surface area contributed by atoms with Gasteiger partial charge in [-0.3, -0.25) is 4.79 Å². The van der Waals surface area contributed by atoms with Gasteiger partial charge in [-0.1, -0.05) is 17.7 Å². The van der Waals surface area contributed by atoms with E-state index < -0.39 is 30.0 Å². The second kappa shape index (κ2) is 8.71. The molecule has 1 aromatic carbocycles. The Kier molecular flexibility index (Phi) is 6.69. The summed E-state index contributed by atoms with van der Waals surface area (Å²) in [5.41, 5.74) is 0.768. The van der Waals surface area contributed by atoms with Crippen LogP contribution in [-0.2, 0) is 14.0 Å². The van der Waals surface area contributed by atoms with Crippen LogP contribution in [-0.4, -0.2) is 60.0 Å². The number of ether oxygens (including phenoxy) is 1. The maximum Gasteiger partial charge on any atom is 0.495 e. The molecule has 1 unspecified atom stereocenters. The summed E-state index contributed by atoms with van der Waals surface area (Å²) in [5.74, 6) is -0.0749. The van der Waals surface area contributed by atoms with Crippen LogP contribution in [0.2, 0.25) is 0 Å². The predicted octanol–water partition coefficient (Wildman–Crippen LogP) is 3.42. The quantitative estimate of drug-likeness (QED) is 0.723. The first-order chi connectivity index (χ1) is 14.7. The zero-order valence-corrected chi connectivity index (χ0v) is 20.7. The number of amides is 2. The maximum absolute atomic E-state index is 13.6. The predicted molar refractivity (Wildman–Crippen MR) is 125 cm³/mol. The molecule has 1 atom stereocenters. The molecule has 7 nitrogen and oxygen atoms in total. The van der Waals surface area contributed by atoms with Crippen LogP contribution in [0.1, 0.15) is 77.2 Å². The number of hydrogen-bond acceptors (Lipinski definition) is 5. The Morgan fingerprint density at radius 2 is 1.78 bits per heavy atom. The lowest BCUT2D eigenvalue weighted by molar-refractivity contribution is 0.00578. The molecule has 176 valence electrons. The average molecular weight is 444 g/mol. The van der Waals surface area contributed by atoms with Crippen LogP contribution in [0.25, 0.3) is 0 Å². The molecule has 2 aliphatic rings. The van der Waals surface area contributed by atoms with E-state index in [1.54, 1.807) is 4.90 Å². The molecule has 2 heterocycles. The van der Waals surface area contributed by atoms with Crippen molar-refractivity contribution >= 4 is 24.6 Å². The zero-order chi connectivity index (χ0) is 23.9. The summed E-state index contributed by atoms with van der Waals surface area (Å²) in [7, 11) is -0.611. The smallest absolute Gasteiger partial charge is 0.444 e. The molecule has 0 aromatic heterocycles. The minimum atomic E-state index is -0.611. The lowest BCUT2D eigenvalue weighted by Gasteiger charge is -2.34. The Morgan fingerprint density at radius 1 is 1.16 bits per heavy atom. The summed E-state index contributed by atoms with van der Waals surface area (Å²) in [4.78, 5) is 27.6. The van der Waals surface area contributed by atoms with Crippen molar-refractivity contribution in [2.45, 2.75) is 91.1 Å². The maximum atomic E-state index is 13.6. The van der Waals surface area contributed by atoms with Crippen LogP contribution < -0.4 is 10.8 Å². The molecule has 0 radical (unpaired) electrons. The van der Waals surface area contributed by atoms with Crippen LogP contribution in [0.4, 0.5) is 4.79 Å². The number of rotatable bonds is 3. The minimum Gasteiger partial charge on any atom is -0.444 e. The van der Waals surface area contributed by atoms with Crippen molar-refractivity contribution in [2.75, 3.05) is 13.1 Å². The molecule has 8 heteroatoms. The molecule has 2 saturated heterocycles. The van der Waals surface area contributed by atoms with E-state index >= 15 is 0 Å². The van der Waals surface area contributed by atoms with Gasteiger partial charge in [0.2, 0.25) is 0 Å². The summed E-state index contributed by atoms with van der Waals surface area (Å²) in [6, 6.07) is 5.55. The van der Waals surface area contributed by atoms with Crippen LogP contribution in [0, 0.1) is 6.92 Å². The number of carbonyl (C=O) groups is 2. The fourth-order valence-electron chi connectivity index (χ4n) is 4.06. The number of nitrogens with zero attached hydrogens (tertiary/aromatic N) is 1. The van der Waals surface area contributed by atoms with Gasteiger partial charge in [0, 0.05) is 24.7 Å². The van der Waals surface area contributed by atoms with Crippen molar-refractivity contribution in [1.29, 1.82) is 0 Å². The highest BCUT2D eigenvalue weighted by Crippen LogP contribution is 2.37. The lowest BCUT2D eigenvalue weighted by atomic mass is 9.73. The number of benzene rings is 1. The third-order valence-corrected chi connectivity index (χ3v) is 6.47. The molecule has 0 bridgehead atoms. The van der Waals surface area contributed by atoms with Gasteiger partial charge in [0.15, 0.2) is 0 Å². The highest BCUT2D eigenvalue weighted by molar-refractivity contribution is 6.64. The second-order valence-electron chi connectivity index (χ2n) is 10.9. The van der Waals surface area contributed by atoms with Gasteiger partial charge in [0.05, 0.1) is 11.2 Å². The largest absolute Gasteiger partial charge is 0.495 e. The van der Waals surface area contributed by atoms with Crippen molar-refractivity contribution in [3.8, 4) is 0 Å². The van der Waals surface area contributed by atoms with E-state index in [4.69, 9.17) is 14.0 Å². The highest BCUT2D eigenvalue weighted by Gasteiger charge is 2.53. The standard InChI is InChI=1S/C24H37BN2O5/c1-16-11-9-13-18(19(16)25-31-23(5,6)24(7,8)32-25)20(28)27-14-10-12-17(15-27)26-21(29)30-22(2,3)4/h9,11,13,17H,10,12,14-15H2,1-8H3,(H,26,29). The molecule has 0 saturated carbocycles. The second-order valence-corrected chi connectivity index (χ2v) is 10.9. The molecule has 3 rings (SSSR count). The molecule has 2 aliphatic heterocycles. The molecular weight excluding hydrogens is 407 g/mol. The van der Waals surface area contributed by atoms with E-state index in [-0.39, 0.29) is 11.9 Å². The van der Waals surface area contributed by atoms with Gasteiger partial charge in [0.25, 0.3) is 5.91 Å². The van der Waals surface area contributed by atoms with E-state index in [2.05, 4.69) is 5.32 Å². The number of aryl methyl sites for hydroxylation is 1. The fraction of sp³-hybridized carbons (Fsp3) is 0.667. The topological polar surface area (TPSA) is 77.1 Å². The Bertz CT molecular complexity index is 862. The van der Waals surface area contributed by atoms with E-state index in [9.17, 15) is 9.59 Å². The molecule has 2 amide bonds. The third kappa shape index (κ3) is 5.29. The normalized spacial score (nSPS) is 22.6. The van der Waals surface area contributed by atoms with E-state index in [0.717, 1.165) is 23.9 Å². The zero-order valence-electron chi connectivity index (χ0n) is 20.7. The summed E-state index contributed by atoms with van der Waals surface area (Å²) in [5, 5.41) is 2.91. The molecule has 0 aliphatic carbocycles. The van der Waals surface area contributed by atoms with E-state index in [0.29, 0.717) is 18.7 Å². The van der Waals surface area contributed by atoms with E-state index in [1.165, 1.54) is 0 Å². The highest BCUT2D eigenvalue weighted by atomic mass is 16.7. The van der Waals surface area contributed by atoms with Crippen molar-refractivity contribution in [3.63, 3.8) is 0 Å². The summed E-state index contributed by atoms with van der Waals surface area (Å²) in [6.07, 6.45) is 1.16. The monoisotopic (exact) mass is 444 g/mol. The number of alkyl carbamates (subject to hydrolysis) is 1. The van der Waals surface area contributed by atoms with E-state index in [1.807, 2.05) is 73.6 Å². The van der Waals surface area contributed by atoms with Gasteiger partial charge in [-0.15, -0.1) is 0 Å². The van der Waals surface area contributed by atoms with Crippen LogP contribution in [0.5, 0.6) is 0 Å². The Hall–Kier alpha value is -2.06. The Balaban J connectivity index is 1.78. The molecule has 1 aromatic rings. The molecular formula is C24H37BN2O5. The molecule has 32 heavy (non-hydrogen) atoms. The Labute approximate surface area is 192 Å². The van der Waals surface area contributed by atoms with Crippen molar-refractivity contribution in [1.82, 2.24) is 10.2 Å². The lowest BCUT2D eigenvalue weighted by Crippen LogP contribution is -2.52.